The van der Waals surface area contributed by atoms with Crippen molar-refractivity contribution in [3.05, 3.63) is 133 Å². The van der Waals surface area contributed by atoms with Crippen LogP contribution in [0.3, 0.4) is 0 Å². The summed E-state index contributed by atoms with van der Waals surface area (Å²) in [5, 5.41) is 6.04. The Bertz CT molecular complexity index is 2700. The molecule has 10 rings (SSSR count). The van der Waals surface area contributed by atoms with Crippen LogP contribution >= 0.6 is 0 Å². The first-order valence-electron chi connectivity index (χ1n) is 14.9. The van der Waals surface area contributed by atoms with Gasteiger partial charge >= 0.3 is 0 Å². The molecule has 5 nitrogen and oxygen atoms in total. The number of fused-ring (bicyclic) bond motifs is 11. The number of aromatic nitrogens is 2. The molecule has 0 saturated carbocycles. The second-order valence-corrected chi connectivity index (χ2v) is 11.3. The van der Waals surface area contributed by atoms with E-state index in [1.165, 1.54) is 0 Å². The van der Waals surface area contributed by atoms with E-state index in [1.807, 2.05) is 97.1 Å². The molecule has 6 aromatic carbocycles. The monoisotopic (exact) mass is 578 g/mol. The first-order chi connectivity index (χ1) is 22.3. The molecule has 0 aliphatic carbocycles. The third-order valence-electron chi connectivity index (χ3n) is 8.69. The molecule has 0 atom stereocenters. The van der Waals surface area contributed by atoms with Crippen molar-refractivity contribution >= 4 is 65.8 Å². The molecule has 0 saturated heterocycles. The molecule has 0 unspecified atom stereocenters. The van der Waals surface area contributed by atoms with E-state index in [0.717, 1.165) is 93.9 Å². The number of hydrogen-bond donors (Lipinski definition) is 0. The predicted molar refractivity (Wildman–Crippen MR) is 180 cm³/mol. The number of rotatable bonds is 3. The molecule has 4 heterocycles. The van der Waals surface area contributed by atoms with Crippen molar-refractivity contribution in [3.8, 4) is 33.9 Å². The van der Waals surface area contributed by atoms with Crippen molar-refractivity contribution in [2.24, 2.45) is 0 Å². The summed E-state index contributed by atoms with van der Waals surface area (Å²) >= 11 is 0. The Labute approximate surface area is 256 Å². The lowest BCUT2D eigenvalue weighted by Crippen LogP contribution is -1.96. The molecule has 4 aromatic heterocycles. The highest BCUT2D eigenvalue weighted by Crippen LogP contribution is 2.47. The van der Waals surface area contributed by atoms with Gasteiger partial charge in [-0.25, -0.2) is 9.97 Å². The van der Waals surface area contributed by atoms with E-state index in [0.29, 0.717) is 5.82 Å². The molecule has 0 N–H and O–H groups in total. The van der Waals surface area contributed by atoms with Gasteiger partial charge in [0, 0.05) is 43.6 Å². The summed E-state index contributed by atoms with van der Waals surface area (Å²) in [6.07, 6.45) is 0. The smallest absolute Gasteiger partial charge is 0.160 e. The Morgan fingerprint density at radius 1 is 0.378 bits per heavy atom. The molecule has 0 fully saturated rings. The minimum absolute atomic E-state index is 0.643. The Hall–Kier alpha value is -6.20. The molecule has 0 amide bonds. The molecule has 0 aliphatic heterocycles. The Morgan fingerprint density at radius 3 is 1.82 bits per heavy atom. The van der Waals surface area contributed by atoms with Crippen molar-refractivity contribution in [1.82, 2.24) is 9.97 Å². The summed E-state index contributed by atoms with van der Waals surface area (Å²) in [5.41, 5.74) is 9.08. The fourth-order valence-corrected chi connectivity index (χ4v) is 6.66. The number of para-hydroxylation sites is 2. The SMILES string of the molecule is c1ccc(-c2cc(-c3cc4oc5ccc6c7ccccc7oc6c5c4c4c3oc3ccccc34)nc(-c3ccccc3)n2)cc1. The summed E-state index contributed by atoms with van der Waals surface area (Å²) in [4.78, 5) is 10.1. The van der Waals surface area contributed by atoms with Crippen molar-refractivity contribution in [1.29, 1.82) is 0 Å². The summed E-state index contributed by atoms with van der Waals surface area (Å²) in [7, 11) is 0. The largest absolute Gasteiger partial charge is 0.456 e. The van der Waals surface area contributed by atoms with Crippen molar-refractivity contribution in [3.63, 3.8) is 0 Å². The van der Waals surface area contributed by atoms with Crippen molar-refractivity contribution in [2.75, 3.05) is 0 Å². The van der Waals surface area contributed by atoms with Gasteiger partial charge in [-0.3, -0.25) is 0 Å². The van der Waals surface area contributed by atoms with E-state index in [9.17, 15) is 0 Å². The fraction of sp³-hybridized carbons (Fsp3) is 0. The lowest BCUT2D eigenvalue weighted by Gasteiger charge is -2.10. The molecular weight excluding hydrogens is 556 g/mol. The molecule has 0 bridgehead atoms. The van der Waals surface area contributed by atoms with Crippen LogP contribution in [0.2, 0.25) is 0 Å². The zero-order chi connectivity index (χ0) is 29.5. The molecule has 0 aliphatic rings. The third-order valence-corrected chi connectivity index (χ3v) is 8.69. The van der Waals surface area contributed by atoms with Crippen LogP contribution in [-0.2, 0) is 0 Å². The maximum absolute atomic E-state index is 6.69. The van der Waals surface area contributed by atoms with Crippen LogP contribution in [-0.4, -0.2) is 9.97 Å². The summed E-state index contributed by atoms with van der Waals surface area (Å²) in [6.45, 7) is 0. The van der Waals surface area contributed by atoms with E-state index in [2.05, 4.69) is 36.4 Å². The van der Waals surface area contributed by atoms with Crippen LogP contribution in [0.1, 0.15) is 0 Å². The zero-order valence-corrected chi connectivity index (χ0v) is 23.8. The van der Waals surface area contributed by atoms with E-state index in [-0.39, 0.29) is 0 Å². The highest BCUT2D eigenvalue weighted by atomic mass is 16.3. The van der Waals surface area contributed by atoms with Gasteiger partial charge in [0.2, 0.25) is 0 Å². The minimum Gasteiger partial charge on any atom is -0.456 e. The molecule has 210 valence electrons. The van der Waals surface area contributed by atoms with Gasteiger partial charge in [-0.15, -0.1) is 0 Å². The van der Waals surface area contributed by atoms with E-state index in [1.54, 1.807) is 0 Å². The minimum atomic E-state index is 0.643. The molecular formula is C40H22N2O3. The van der Waals surface area contributed by atoms with Crippen LogP contribution < -0.4 is 0 Å². The summed E-state index contributed by atoms with van der Waals surface area (Å²) in [5.74, 6) is 0.643. The van der Waals surface area contributed by atoms with Crippen LogP contribution in [0.25, 0.3) is 99.7 Å². The quantitative estimate of drug-likeness (QED) is 0.209. The van der Waals surface area contributed by atoms with Gasteiger partial charge in [0.15, 0.2) is 5.82 Å². The summed E-state index contributed by atoms with van der Waals surface area (Å²) in [6, 6.07) is 44.8. The lowest BCUT2D eigenvalue weighted by atomic mass is 9.99. The topological polar surface area (TPSA) is 65.2 Å². The average Bonchev–Trinajstić information content (AvgIpc) is 3.79. The molecule has 45 heavy (non-hydrogen) atoms. The van der Waals surface area contributed by atoms with Crippen molar-refractivity contribution < 1.29 is 13.3 Å². The van der Waals surface area contributed by atoms with Gasteiger partial charge in [-0.2, -0.15) is 0 Å². The Morgan fingerprint density at radius 2 is 1.02 bits per heavy atom. The van der Waals surface area contributed by atoms with Gasteiger partial charge in [0.25, 0.3) is 0 Å². The first kappa shape index (κ1) is 24.3. The average molecular weight is 579 g/mol. The predicted octanol–water partition coefficient (Wildman–Crippen LogP) is 11.2. The maximum Gasteiger partial charge on any atom is 0.160 e. The normalized spacial score (nSPS) is 12.0. The van der Waals surface area contributed by atoms with Crippen LogP contribution in [0.4, 0.5) is 0 Å². The van der Waals surface area contributed by atoms with E-state index >= 15 is 0 Å². The van der Waals surface area contributed by atoms with Crippen molar-refractivity contribution in [2.45, 2.75) is 0 Å². The number of benzene rings is 6. The maximum atomic E-state index is 6.69. The van der Waals surface area contributed by atoms with Crippen LogP contribution in [0, 0.1) is 0 Å². The standard InChI is InChI=1S/C40H22N2O3/c1-3-11-23(12-4-1)29-22-30(42-40(41-29)24-13-5-2-6-14-24)28-21-34-36(35-27-16-8-10-18-32(27)45-39(28)35)37-33(43-34)20-19-26-25-15-7-9-17-31(25)44-38(26)37/h1-22H. The second kappa shape index (κ2) is 9.15. The molecule has 0 spiro atoms. The third kappa shape index (κ3) is 3.55. The molecule has 0 radical (unpaired) electrons. The van der Waals surface area contributed by atoms with Gasteiger partial charge in [0.05, 0.1) is 16.8 Å². The fourth-order valence-electron chi connectivity index (χ4n) is 6.66. The van der Waals surface area contributed by atoms with Gasteiger partial charge < -0.3 is 13.3 Å². The molecule has 5 heteroatoms. The first-order valence-corrected chi connectivity index (χ1v) is 14.9. The zero-order valence-electron chi connectivity index (χ0n) is 23.8. The van der Waals surface area contributed by atoms with Gasteiger partial charge in [-0.1, -0.05) is 97.1 Å². The Kier molecular flexibility index (Phi) is 4.93. The van der Waals surface area contributed by atoms with E-state index < -0.39 is 0 Å². The van der Waals surface area contributed by atoms with Crippen LogP contribution in [0.5, 0.6) is 0 Å². The van der Waals surface area contributed by atoms with Crippen LogP contribution in [0.15, 0.2) is 147 Å². The second-order valence-electron chi connectivity index (χ2n) is 11.3. The van der Waals surface area contributed by atoms with Gasteiger partial charge in [0.1, 0.15) is 33.5 Å². The lowest BCUT2D eigenvalue weighted by molar-refractivity contribution is 0.660. The highest BCUT2D eigenvalue weighted by Gasteiger charge is 2.24. The number of hydrogen-bond acceptors (Lipinski definition) is 5. The number of furan rings is 3. The summed E-state index contributed by atoms with van der Waals surface area (Å²) < 4.78 is 19.8. The van der Waals surface area contributed by atoms with E-state index in [4.69, 9.17) is 23.2 Å². The number of nitrogens with zero attached hydrogens (tertiary/aromatic N) is 2. The molecule has 10 aromatic rings. The Balaban J connectivity index is 1.35. The van der Waals surface area contributed by atoms with Gasteiger partial charge in [-0.05, 0) is 36.4 Å². The highest BCUT2D eigenvalue weighted by molar-refractivity contribution is 6.33.